The molecule has 0 aliphatic heterocycles. The first kappa shape index (κ1) is 14.2. The summed E-state index contributed by atoms with van der Waals surface area (Å²) in [5, 5.41) is 0. The lowest BCUT2D eigenvalue weighted by Crippen LogP contribution is -2.39. The van der Waals surface area contributed by atoms with Crippen molar-refractivity contribution in [1.82, 2.24) is 0 Å². The van der Waals surface area contributed by atoms with Crippen molar-refractivity contribution in [2.75, 3.05) is 0 Å². The Bertz CT molecular complexity index is 668. The van der Waals surface area contributed by atoms with Gasteiger partial charge in [0.25, 0.3) is 0 Å². The largest absolute Gasteiger partial charge is 0.300 e. The minimum atomic E-state index is 0.211. The topological polar surface area (TPSA) is 17.1 Å². The van der Waals surface area contributed by atoms with E-state index in [0.29, 0.717) is 17.6 Å². The average Bonchev–Trinajstić information content (AvgIpc) is 2.84. The Balaban J connectivity index is 1.76. The predicted octanol–water partition coefficient (Wildman–Crippen LogP) is 4.97. The molecule has 1 heteroatoms. The van der Waals surface area contributed by atoms with Gasteiger partial charge in [-0.1, -0.05) is 36.8 Å². The Morgan fingerprint density at radius 1 is 1.23 bits per heavy atom. The van der Waals surface area contributed by atoms with Crippen LogP contribution in [0.1, 0.15) is 56.2 Å². The molecule has 22 heavy (non-hydrogen) atoms. The van der Waals surface area contributed by atoms with Gasteiger partial charge in [-0.05, 0) is 79.9 Å². The van der Waals surface area contributed by atoms with Crippen LogP contribution in [0.3, 0.4) is 0 Å². The second-order valence-corrected chi connectivity index (χ2v) is 8.02. The SMILES string of the molecule is CC(=O)C1CCC2C3CCc4cc(C)ccc4C3=CC[C@]12C. The zero-order valence-electron chi connectivity index (χ0n) is 14.0. The minimum Gasteiger partial charge on any atom is -0.300 e. The maximum Gasteiger partial charge on any atom is 0.133 e. The fourth-order valence-electron chi connectivity index (χ4n) is 5.77. The lowest BCUT2D eigenvalue weighted by molar-refractivity contribution is -0.124. The molecule has 1 saturated carbocycles. The summed E-state index contributed by atoms with van der Waals surface area (Å²) in [5.41, 5.74) is 6.20. The van der Waals surface area contributed by atoms with Crippen molar-refractivity contribution in [3.05, 3.63) is 41.0 Å². The molecule has 0 bridgehead atoms. The minimum absolute atomic E-state index is 0.211. The maximum atomic E-state index is 12.1. The summed E-state index contributed by atoms with van der Waals surface area (Å²) in [5.74, 6) is 2.08. The number of Topliss-reactive ketones (excluding diaryl/α,β-unsaturated/α-hetero) is 1. The van der Waals surface area contributed by atoms with Crippen molar-refractivity contribution >= 4 is 11.4 Å². The highest BCUT2D eigenvalue weighted by atomic mass is 16.1. The highest BCUT2D eigenvalue weighted by molar-refractivity contribution is 5.80. The highest BCUT2D eigenvalue weighted by Crippen LogP contribution is 2.60. The summed E-state index contributed by atoms with van der Waals surface area (Å²) < 4.78 is 0. The molecule has 1 aromatic carbocycles. The van der Waals surface area contributed by atoms with Crippen molar-refractivity contribution in [1.29, 1.82) is 0 Å². The number of benzene rings is 1. The summed E-state index contributed by atoms with van der Waals surface area (Å²) in [6.45, 7) is 6.37. The molecule has 0 spiro atoms. The normalized spacial score (nSPS) is 36.1. The summed E-state index contributed by atoms with van der Waals surface area (Å²) in [4.78, 5) is 12.1. The molecule has 3 aliphatic carbocycles. The number of hydrogen-bond acceptors (Lipinski definition) is 1. The first-order valence-electron chi connectivity index (χ1n) is 8.81. The number of aryl methyl sites for hydroxylation is 2. The van der Waals surface area contributed by atoms with E-state index in [1.165, 1.54) is 36.0 Å². The third-order valence-electron chi connectivity index (χ3n) is 6.84. The van der Waals surface area contributed by atoms with Gasteiger partial charge in [0.05, 0.1) is 0 Å². The molecule has 0 N–H and O–H groups in total. The monoisotopic (exact) mass is 294 g/mol. The van der Waals surface area contributed by atoms with Crippen molar-refractivity contribution < 1.29 is 4.79 Å². The molecule has 0 radical (unpaired) electrons. The van der Waals surface area contributed by atoms with Gasteiger partial charge >= 0.3 is 0 Å². The van der Waals surface area contributed by atoms with E-state index in [1.807, 2.05) is 0 Å². The molecule has 1 fully saturated rings. The van der Waals surface area contributed by atoms with Gasteiger partial charge in [-0.2, -0.15) is 0 Å². The molecule has 1 nitrogen and oxygen atoms in total. The van der Waals surface area contributed by atoms with Gasteiger partial charge in [-0.15, -0.1) is 0 Å². The Hall–Kier alpha value is -1.37. The number of hydrogen-bond donors (Lipinski definition) is 0. The van der Waals surface area contributed by atoms with Gasteiger partial charge < -0.3 is 0 Å². The number of allylic oxidation sites excluding steroid dienone is 2. The number of rotatable bonds is 1. The van der Waals surface area contributed by atoms with Gasteiger partial charge in [0.1, 0.15) is 5.78 Å². The number of carbonyl (C=O) groups excluding carboxylic acids is 1. The van der Waals surface area contributed by atoms with Crippen molar-refractivity contribution in [3.8, 4) is 0 Å². The molecule has 0 saturated heterocycles. The Labute approximate surface area is 133 Å². The van der Waals surface area contributed by atoms with Crippen molar-refractivity contribution in [2.45, 2.75) is 52.9 Å². The van der Waals surface area contributed by atoms with Crippen LogP contribution in [0.2, 0.25) is 0 Å². The van der Waals surface area contributed by atoms with E-state index < -0.39 is 0 Å². The van der Waals surface area contributed by atoms with Crippen LogP contribution in [0, 0.1) is 30.1 Å². The van der Waals surface area contributed by atoms with Crippen molar-refractivity contribution in [2.24, 2.45) is 23.2 Å². The van der Waals surface area contributed by atoms with Crippen LogP contribution in [0.4, 0.5) is 0 Å². The van der Waals surface area contributed by atoms with Crippen LogP contribution in [-0.4, -0.2) is 5.78 Å². The summed E-state index contributed by atoms with van der Waals surface area (Å²) in [7, 11) is 0. The van der Waals surface area contributed by atoms with Crippen LogP contribution in [-0.2, 0) is 11.2 Å². The van der Waals surface area contributed by atoms with Gasteiger partial charge in [0, 0.05) is 5.92 Å². The number of fused-ring (bicyclic) bond motifs is 5. The van der Waals surface area contributed by atoms with E-state index in [0.717, 1.165) is 12.8 Å². The Morgan fingerprint density at radius 2 is 2.05 bits per heavy atom. The fourth-order valence-corrected chi connectivity index (χ4v) is 5.77. The molecule has 3 unspecified atom stereocenters. The molecule has 0 amide bonds. The number of ketones is 1. The fraction of sp³-hybridized carbons (Fsp3) is 0.571. The molecular weight excluding hydrogens is 268 g/mol. The van der Waals surface area contributed by atoms with Crippen molar-refractivity contribution in [3.63, 3.8) is 0 Å². The van der Waals surface area contributed by atoms with E-state index in [4.69, 9.17) is 0 Å². The summed E-state index contributed by atoms with van der Waals surface area (Å²) in [6.07, 6.45) is 8.39. The van der Waals surface area contributed by atoms with Crippen LogP contribution >= 0.6 is 0 Å². The second kappa shape index (κ2) is 4.81. The van der Waals surface area contributed by atoms with Gasteiger partial charge in [-0.3, -0.25) is 4.79 Å². The number of carbonyl (C=O) groups is 1. The van der Waals surface area contributed by atoms with Gasteiger partial charge in [0.15, 0.2) is 0 Å². The quantitative estimate of drug-likeness (QED) is 0.715. The molecule has 0 aromatic heterocycles. The first-order valence-corrected chi connectivity index (χ1v) is 8.81. The molecule has 116 valence electrons. The zero-order chi connectivity index (χ0) is 15.5. The van der Waals surface area contributed by atoms with E-state index in [1.54, 1.807) is 12.5 Å². The molecule has 4 rings (SSSR count). The first-order chi connectivity index (χ1) is 10.5. The molecule has 0 heterocycles. The summed E-state index contributed by atoms with van der Waals surface area (Å²) in [6, 6.07) is 6.96. The van der Waals surface area contributed by atoms with Gasteiger partial charge in [0.2, 0.25) is 0 Å². The second-order valence-electron chi connectivity index (χ2n) is 8.02. The smallest absolute Gasteiger partial charge is 0.133 e. The lowest BCUT2D eigenvalue weighted by Gasteiger charge is -2.46. The standard InChI is InChI=1S/C21H26O/c1-13-4-6-16-15(12-13)5-7-18-17(16)10-11-21(3)19(14(2)22)8-9-20(18)21/h4,6,10,12,18-20H,5,7-9,11H2,1-3H3/t18?,19?,20?,21-/m1/s1. The lowest BCUT2D eigenvalue weighted by atomic mass is 9.58. The van der Waals surface area contributed by atoms with Crippen LogP contribution in [0.15, 0.2) is 24.3 Å². The molecular formula is C21H26O. The third-order valence-corrected chi connectivity index (χ3v) is 6.84. The predicted molar refractivity (Wildman–Crippen MR) is 90.6 cm³/mol. The van der Waals surface area contributed by atoms with Gasteiger partial charge in [-0.25, -0.2) is 0 Å². The van der Waals surface area contributed by atoms with E-state index in [-0.39, 0.29) is 11.3 Å². The maximum absolute atomic E-state index is 12.1. The van der Waals surface area contributed by atoms with Crippen LogP contribution < -0.4 is 0 Å². The summed E-state index contributed by atoms with van der Waals surface area (Å²) >= 11 is 0. The van der Waals surface area contributed by atoms with E-state index >= 15 is 0 Å². The highest BCUT2D eigenvalue weighted by Gasteiger charge is 2.53. The molecule has 3 aliphatic rings. The molecule has 4 atom stereocenters. The Kier molecular flexibility index (Phi) is 3.11. The average molecular weight is 294 g/mol. The molecule has 1 aromatic rings. The zero-order valence-corrected chi connectivity index (χ0v) is 14.0. The van der Waals surface area contributed by atoms with E-state index in [9.17, 15) is 4.79 Å². The third kappa shape index (κ3) is 1.87. The van der Waals surface area contributed by atoms with Crippen LogP contribution in [0.5, 0.6) is 0 Å². The van der Waals surface area contributed by atoms with Crippen LogP contribution in [0.25, 0.3) is 5.57 Å². The van der Waals surface area contributed by atoms with E-state index in [2.05, 4.69) is 38.1 Å². The Morgan fingerprint density at radius 3 is 2.82 bits per heavy atom.